The van der Waals surface area contributed by atoms with Gasteiger partial charge in [-0.2, -0.15) is 0 Å². The van der Waals surface area contributed by atoms with Crippen molar-refractivity contribution in [2.45, 2.75) is 0 Å². The fraction of sp³-hybridized carbons (Fsp3) is 0. The van der Waals surface area contributed by atoms with E-state index in [0.717, 1.165) is 5.02 Å². The maximum absolute atomic E-state index is 6.09. The Bertz CT molecular complexity index is 1570. The lowest BCUT2D eigenvalue weighted by atomic mass is 9.89. The lowest BCUT2D eigenvalue weighted by Crippen LogP contribution is -1.87. The van der Waals surface area contributed by atoms with Crippen LogP contribution in [0.2, 0.25) is 5.02 Å². The van der Waals surface area contributed by atoms with E-state index in [1.807, 2.05) is 12.1 Å². The summed E-state index contributed by atoms with van der Waals surface area (Å²) in [6.45, 7) is 0. The van der Waals surface area contributed by atoms with E-state index >= 15 is 0 Å². The predicted molar refractivity (Wildman–Crippen MR) is 135 cm³/mol. The highest BCUT2D eigenvalue weighted by atomic mass is 35.5. The third-order valence-electron chi connectivity index (χ3n) is 6.12. The first-order valence-electron chi connectivity index (χ1n) is 10.5. The number of halogens is 1. The van der Waals surface area contributed by atoms with Crippen molar-refractivity contribution < 1.29 is 0 Å². The molecule has 0 heterocycles. The maximum atomic E-state index is 6.09. The van der Waals surface area contributed by atoms with Crippen molar-refractivity contribution in [1.29, 1.82) is 0 Å². The molecular formula is C30H19Cl. The van der Waals surface area contributed by atoms with Crippen LogP contribution >= 0.6 is 11.6 Å². The largest absolute Gasteiger partial charge is 0.0843 e. The van der Waals surface area contributed by atoms with E-state index in [-0.39, 0.29) is 0 Å². The van der Waals surface area contributed by atoms with Crippen LogP contribution in [-0.2, 0) is 0 Å². The molecule has 0 saturated heterocycles. The molecule has 0 spiro atoms. The molecule has 0 saturated carbocycles. The molecule has 0 bridgehead atoms. The molecule has 6 aromatic rings. The Morgan fingerprint density at radius 3 is 1.90 bits per heavy atom. The molecule has 6 rings (SSSR count). The first-order chi connectivity index (χ1) is 15.3. The van der Waals surface area contributed by atoms with Crippen molar-refractivity contribution >= 4 is 43.9 Å². The third kappa shape index (κ3) is 3.08. The molecule has 0 nitrogen and oxygen atoms in total. The van der Waals surface area contributed by atoms with Crippen molar-refractivity contribution in [3.63, 3.8) is 0 Å². The monoisotopic (exact) mass is 414 g/mol. The fourth-order valence-electron chi connectivity index (χ4n) is 4.61. The van der Waals surface area contributed by atoms with Gasteiger partial charge in [0.1, 0.15) is 0 Å². The second-order valence-corrected chi connectivity index (χ2v) is 8.38. The summed E-state index contributed by atoms with van der Waals surface area (Å²) in [6, 6.07) is 41.0. The second-order valence-electron chi connectivity index (χ2n) is 7.94. The summed E-state index contributed by atoms with van der Waals surface area (Å²) in [6.07, 6.45) is 0. The van der Waals surface area contributed by atoms with Crippen LogP contribution in [-0.4, -0.2) is 0 Å². The SMILES string of the molecule is Clc1ccc(-c2ccc3cc(-c4cccc5ccccc45)c4ccccc4c3c2)cc1. The zero-order valence-electron chi connectivity index (χ0n) is 16.8. The van der Waals surface area contributed by atoms with E-state index < -0.39 is 0 Å². The molecule has 0 aromatic heterocycles. The lowest BCUT2D eigenvalue weighted by molar-refractivity contribution is 1.64. The minimum absolute atomic E-state index is 0.759. The summed E-state index contributed by atoms with van der Waals surface area (Å²) in [7, 11) is 0. The Morgan fingerprint density at radius 1 is 0.387 bits per heavy atom. The normalized spacial score (nSPS) is 11.4. The Morgan fingerprint density at radius 2 is 1.06 bits per heavy atom. The van der Waals surface area contributed by atoms with Crippen LogP contribution < -0.4 is 0 Å². The molecule has 0 aliphatic carbocycles. The molecule has 31 heavy (non-hydrogen) atoms. The van der Waals surface area contributed by atoms with Crippen molar-refractivity contribution in [3.8, 4) is 22.3 Å². The van der Waals surface area contributed by atoms with E-state index in [0.29, 0.717) is 0 Å². The average molecular weight is 415 g/mol. The highest BCUT2D eigenvalue weighted by molar-refractivity contribution is 6.30. The van der Waals surface area contributed by atoms with Gasteiger partial charge < -0.3 is 0 Å². The smallest absolute Gasteiger partial charge is 0.0406 e. The maximum Gasteiger partial charge on any atom is 0.0406 e. The van der Waals surface area contributed by atoms with Crippen molar-refractivity contribution in [2.75, 3.05) is 0 Å². The van der Waals surface area contributed by atoms with Crippen LogP contribution in [0.4, 0.5) is 0 Å². The number of benzene rings is 6. The van der Waals surface area contributed by atoms with Crippen LogP contribution in [0, 0.1) is 0 Å². The molecule has 0 unspecified atom stereocenters. The van der Waals surface area contributed by atoms with E-state index in [9.17, 15) is 0 Å². The van der Waals surface area contributed by atoms with Gasteiger partial charge in [0.05, 0.1) is 0 Å². The molecule has 6 aromatic carbocycles. The summed E-state index contributed by atoms with van der Waals surface area (Å²) < 4.78 is 0. The summed E-state index contributed by atoms with van der Waals surface area (Å²) >= 11 is 6.09. The summed E-state index contributed by atoms with van der Waals surface area (Å²) in [5, 5.41) is 8.38. The average Bonchev–Trinajstić information content (AvgIpc) is 2.83. The number of rotatable bonds is 2. The number of hydrogen-bond donors (Lipinski definition) is 0. The lowest BCUT2D eigenvalue weighted by Gasteiger charge is -2.14. The summed E-state index contributed by atoms with van der Waals surface area (Å²) in [5.74, 6) is 0. The predicted octanol–water partition coefficient (Wildman–Crippen LogP) is 9.13. The van der Waals surface area contributed by atoms with Crippen LogP contribution in [0.5, 0.6) is 0 Å². The first kappa shape index (κ1) is 18.2. The van der Waals surface area contributed by atoms with Gasteiger partial charge >= 0.3 is 0 Å². The van der Waals surface area contributed by atoms with Crippen LogP contribution in [0.1, 0.15) is 0 Å². The Hall–Kier alpha value is -3.61. The molecule has 0 N–H and O–H groups in total. The van der Waals surface area contributed by atoms with Crippen molar-refractivity contribution in [1.82, 2.24) is 0 Å². The quantitative estimate of drug-likeness (QED) is 0.248. The molecule has 0 atom stereocenters. The fourth-order valence-corrected chi connectivity index (χ4v) is 4.73. The van der Waals surface area contributed by atoms with E-state index in [2.05, 4.69) is 103 Å². The van der Waals surface area contributed by atoms with Gasteiger partial charge in [0.25, 0.3) is 0 Å². The molecular weight excluding hydrogens is 396 g/mol. The van der Waals surface area contributed by atoms with Gasteiger partial charge in [-0.1, -0.05) is 103 Å². The van der Waals surface area contributed by atoms with E-state index in [1.54, 1.807) is 0 Å². The molecule has 0 aliphatic rings. The summed E-state index contributed by atoms with van der Waals surface area (Å²) in [4.78, 5) is 0. The Labute approximate surface area is 186 Å². The van der Waals surface area contributed by atoms with Crippen molar-refractivity contribution in [2.24, 2.45) is 0 Å². The zero-order valence-corrected chi connectivity index (χ0v) is 17.6. The summed E-state index contributed by atoms with van der Waals surface area (Å²) in [5.41, 5.74) is 4.93. The van der Waals surface area contributed by atoms with Crippen LogP contribution in [0.3, 0.4) is 0 Å². The standard InChI is InChI=1S/C30H19Cl/c31-24-16-14-20(15-17-24)22-12-13-23-19-30(28-10-4-3-9-27(28)29(23)18-22)26-11-5-7-21-6-1-2-8-25(21)26/h1-19H. The molecule has 0 amide bonds. The second kappa shape index (κ2) is 7.27. The molecule has 0 aliphatic heterocycles. The van der Waals surface area contributed by atoms with Gasteiger partial charge in [-0.25, -0.2) is 0 Å². The highest BCUT2D eigenvalue weighted by Crippen LogP contribution is 2.39. The Balaban J connectivity index is 1.65. The van der Waals surface area contributed by atoms with Gasteiger partial charge in [0.2, 0.25) is 0 Å². The topological polar surface area (TPSA) is 0 Å². The molecule has 0 radical (unpaired) electrons. The zero-order chi connectivity index (χ0) is 20.8. The van der Waals surface area contributed by atoms with Crippen LogP contribution in [0.15, 0.2) is 115 Å². The highest BCUT2D eigenvalue weighted by Gasteiger charge is 2.11. The van der Waals surface area contributed by atoms with Gasteiger partial charge in [-0.05, 0) is 78.8 Å². The van der Waals surface area contributed by atoms with Crippen molar-refractivity contribution in [3.05, 3.63) is 120 Å². The van der Waals surface area contributed by atoms with Gasteiger partial charge in [-0.15, -0.1) is 0 Å². The Kier molecular flexibility index (Phi) is 4.26. The molecule has 146 valence electrons. The van der Waals surface area contributed by atoms with E-state index in [4.69, 9.17) is 11.6 Å². The molecule has 0 fully saturated rings. The third-order valence-corrected chi connectivity index (χ3v) is 6.37. The molecule has 1 heteroatoms. The number of hydrogen-bond acceptors (Lipinski definition) is 0. The van der Waals surface area contributed by atoms with Gasteiger partial charge in [0.15, 0.2) is 0 Å². The van der Waals surface area contributed by atoms with E-state index in [1.165, 1.54) is 54.6 Å². The van der Waals surface area contributed by atoms with Gasteiger partial charge in [-0.3, -0.25) is 0 Å². The first-order valence-corrected chi connectivity index (χ1v) is 10.9. The minimum atomic E-state index is 0.759. The van der Waals surface area contributed by atoms with Crippen LogP contribution in [0.25, 0.3) is 54.6 Å². The minimum Gasteiger partial charge on any atom is -0.0843 e. The van der Waals surface area contributed by atoms with Gasteiger partial charge in [0, 0.05) is 5.02 Å². The number of fused-ring (bicyclic) bond motifs is 4.